The molecule has 15 heavy (non-hydrogen) atoms. The Hall–Kier alpha value is -0.450. The van der Waals surface area contributed by atoms with E-state index < -0.39 is 0 Å². The van der Waals surface area contributed by atoms with Crippen LogP contribution in [0.4, 0.5) is 0 Å². The molecule has 0 bridgehead atoms. The monoisotopic (exact) mass is 215 g/mol. The molecule has 4 heteroatoms. The first-order valence-electron chi connectivity index (χ1n) is 5.60. The first-order valence-corrected chi connectivity index (χ1v) is 5.60. The number of hydrogen-bond acceptors (Lipinski definition) is 4. The van der Waals surface area contributed by atoms with Crippen molar-refractivity contribution in [2.24, 2.45) is 5.92 Å². The van der Waals surface area contributed by atoms with Gasteiger partial charge in [0.2, 0.25) is 0 Å². The number of ketones is 1. The van der Waals surface area contributed by atoms with Gasteiger partial charge in [-0.2, -0.15) is 0 Å². The van der Waals surface area contributed by atoms with Gasteiger partial charge in [-0.25, -0.2) is 0 Å². The van der Waals surface area contributed by atoms with Gasteiger partial charge in [-0.1, -0.05) is 0 Å². The SMILES string of the molecule is CCOCCN(C)CC(=O)C1CCOC1. The first-order chi connectivity index (χ1) is 7.24. The van der Waals surface area contributed by atoms with Crippen molar-refractivity contribution in [2.45, 2.75) is 13.3 Å². The van der Waals surface area contributed by atoms with E-state index in [9.17, 15) is 4.79 Å². The maximum Gasteiger partial charge on any atom is 0.152 e. The van der Waals surface area contributed by atoms with Crippen LogP contribution >= 0.6 is 0 Å². The summed E-state index contributed by atoms with van der Waals surface area (Å²) in [6, 6.07) is 0. The van der Waals surface area contributed by atoms with Gasteiger partial charge in [-0.3, -0.25) is 9.69 Å². The van der Waals surface area contributed by atoms with Gasteiger partial charge >= 0.3 is 0 Å². The van der Waals surface area contributed by atoms with Gasteiger partial charge in [0, 0.05) is 25.7 Å². The Bertz CT molecular complexity index is 190. The molecule has 0 radical (unpaired) electrons. The smallest absolute Gasteiger partial charge is 0.152 e. The third-order valence-electron chi connectivity index (χ3n) is 2.63. The van der Waals surface area contributed by atoms with Gasteiger partial charge in [-0.15, -0.1) is 0 Å². The van der Waals surface area contributed by atoms with Crippen molar-refractivity contribution in [3.8, 4) is 0 Å². The molecule has 1 fully saturated rings. The third-order valence-corrected chi connectivity index (χ3v) is 2.63. The van der Waals surface area contributed by atoms with Crippen LogP contribution in [0.5, 0.6) is 0 Å². The normalized spacial score (nSPS) is 21.1. The zero-order chi connectivity index (χ0) is 11.1. The average Bonchev–Trinajstić information content (AvgIpc) is 2.70. The summed E-state index contributed by atoms with van der Waals surface area (Å²) in [4.78, 5) is 13.7. The standard InChI is InChI=1S/C11H21NO3/c1-3-14-7-5-12(2)8-11(13)10-4-6-15-9-10/h10H,3-9H2,1-2H3. The highest BCUT2D eigenvalue weighted by atomic mass is 16.5. The van der Waals surface area contributed by atoms with Gasteiger partial charge < -0.3 is 9.47 Å². The fourth-order valence-electron chi connectivity index (χ4n) is 1.63. The highest BCUT2D eigenvalue weighted by Crippen LogP contribution is 2.13. The maximum absolute atomic E-state index is 11.7. The molecule has 88 valence electrons. The summed E-state index contributed by atoms with van der Waals surface area (Å²) in [6.07, 6.45) is 0.887. The molecule has 0 amide bonds. The van der Waals surface area contributed by atoms with Crippen molar-refractivity contribution in [3.05, 3.63) is 0 Å². The number of rotatable bonds is 7. The van der Waals surface area contributed by atoms with Crippen LogP contribution < -0.4 is 0 Å². The summed E-state index contributed by atoms with van der Waals surface area (Å²) < 4.78 is 10.4. The Kier molecular flexibility index (Phi) is 5.83. The van der Waals surface area contributed by atoms with Crippen molar-refractivity contribution in [1.82, 2.24) is 4.90 Å². The van der Waals surface area contributed by atoms with Crippen LogP contribution in [0.15, 0.2) is 0 Å². The van der Waals surface area contributed by atoms with Crippen molar-refractivity contribution >= 4 is 5.78 Å². The molecular weight excluding hydrogens is 194 g/mol. The molecule has 0 aromatic carbocycles. The van der Waals surface area contributed by atoms with E-state index in [1.807, 2.05) is 18.9 Å². The van der Waals surface area contributed by atoms with E-state index in [0.29, 0.717) is 25.5 Å². The molecule has 1 atom stereocenters. The van der Waals surface area contributed by atoms with Crippen LogP contribution in [0.25, 0.3) is 0 Å². The number of nitrogens with zero attached hydrogens (tertiary/aromatic N) is 1. The quantitative estimate of drug-likeness (QED) is 0.582. The Morgan fingerprint density at radius 3 is 3.00 bits per heavy atom. The second kappa shape index (κ2) is 6.93. The molecule has 1 aliphatic rings. The minimum absolute atomic E-state index is 0.125. The van der Waals surface area contributed by atoms with Gasteiger partial charge in [-0.05, 0) is 20.4 Å². The van der Waals surface area contributed by atoms with E-state index in [-0.39, 0.29) is 5.92 Å². The van der Waals surface area contributed by atoms with Crippen LogP contribution in [0.3, 0.4) is 0 Å². The Morgan fingerprint density at radius 2 is 2.40 bits per heavy atom. The van der Waals surface area contributed by atoms with Gasteiger partial charge in [0.1, 0.15) is 0 Å². The number of likely N-dealkylation sites (N-methyl/N-ethyl adjacent to an activating group) is 1. The third kappa shape index (κ3) is 4.73. The fraction of sp³-hybridized carbons (Fsp3) is 0.909. The van der Waals surface area contributed by atoms with Crippen LogP contribution in [0.2, 0.25) is 0 Å². The molecule has 1 heterocycles. The predicted octanol–water partition coefficient (Wildman–Crippen LogP) is 0.560. The van der Waals surface area contributed by atoms with E-state index in [4.69, 9.17) is 9.47 Å². The Labute approximate surface area is 91.5 Å². The van der Waals surface area contributed by atoms with Gasteiger partial charge in [0.15, 0.2) is 5.78 Å². The fourth-order valence-corrected chi connectivity index (χ4v) is 1.63. The molecule has 0 spiro atoms. The minimum atomic E-state index is 0.125. The van der Waals surface area contributed by atoms with E-state index in [1.165, 1.54) is 0 Å². The Morgan fingerprint density at radius 1 is 1.60 bits per heavy atom. The lowest BCUT2D eigenvalue weighted by Gasteiger charge is -2.17. The highest BCUT2D eigenvalue weighted by molar-refractivity contribution is 5.83. The lowest BCUT2D eigenvalue weighted by Crippen LogP contribution is -2.32. The summed E-state index contributed by atoms with van der Waals surface area (Å²) in [6.45, 7) is 6.08. The van der Waals surface area contributed by atoms with E-state index in [0.717, 1.165) is 26.2 Å². The molecule has 0 aliphatic carbocycles. The topological polar surface area (TPSA) is 38.8 Å². The lowest BCUT2D eigenvalue weighted by molar-refractivity contribution is -0.123. The van der Waals surface area contributed by atoms with Crippen LogP contribution in [0.1, 0.15) is 13.3 Å². The summed E-state index contributed by atoms with van der Waals surface area (Å²) in [7, 11) is 1.95. The van der Waals surface area contributed by atoms with Gasteiger partial charge in [0.05, 0.1) is 19.8 Å². The molecule has 1 saturated heterocycles. The van der Waals surface area contributed by atoms with Crippen molar-refractivity contribution in [3.63, 3.8) is 0 Å². The zero-order valence-electron chi connectivity index (χ0n) is 9.70. The van der Waals surface area contributed by atoms with Crippen LogP contribution in [-0.2, 0) is 14.3 Å². The minimum Gasteiger partial charge on any atom is -0.381 e. The molecule has 4 nitrogen and oxygen atoms in total. The largest absolute Gasteiger partial charge is 0.381 e. The second-order valence-corrected chi connectivity index (χ2v) is 3.96. The number of Topliss-reactive ketones (excluding diaryl/α,β-unsaturated/α-hetero) is 1. The highest BCUT2D eigenvalue weighted by Gasteiger charge is 2.23. The average molecular weight is 215 g/mol. The number of hydrogen-bond donors (Lipinski definition) is 0. The maximum atomic E-state index is 11.7. The Balaban J connectivity index is 2.13. The number of ether oxygens (including phenoxy) is 2. The summed E-state index contributed by atoms with van der Waals surface area (Å²) in [5.41, 5.74) is 0. The predicted molar refractivity (Wildman–Crippen MR) is 57.9 cm³/mol. The van der Waals surface area contributed by atoms with Crippen molar-refractivity contribution < 1.29 is 14.3 Å². The zero-order valence-corrected chi connectivity index (χ0v) is 9.70. The molecule has 0 aromatic rings. The van der Waals surface area contributed by atoms with E-state index in [1.54, 1.807) is 0 Å². The van der Waals surface area contributed by atoms with Crippen molar-refractivity contribution in [1.29, 1.82) is 0 Å². The molecule has 1 rings (SSSR count). The van der Waals surface area contributed by atoms with Gasteiger partial charge in [0.25, 0.3) is 0 Å². The summed E-state index contributed by atoms with van der Waals surface area (Å²) in [5.74, 6) is 0.422. The number of carbonyl (C=O) groups is 1. The first kappa shape index (κ1) is 12.6. The molecular formula is C11H21NO3. The number of carbonyl (C=O) groups excluding carboxylic acids is 1. The molecule has 0 aromatic heterocycles. The van der Waals surface area contributed by atoms with E-state index in [2.05, 4.69) is 0 Å². The molecule has 1 aliphatic heterocycles. The summed E-state index contributed by atoms with van der Waals surface area (Å²) in [5, 5.41) is 0. The van der Waals surface area contributed by atoms with Crippen LogP contribution in [-0.4, -0.2) is 57.2 Å². The van der Waals surface area contributed by atoms with E-state index >= 15 is 0 Å². The molecule has 1 unspecified atom stereocenters. The molecule has 0 saturated carbocycles. The van der Waals surface area contributed by atoms with Crippen molar-refractivity contribution in [2.75, 3.05) is 46.6 Å². The second-order valence-electron chi connectivity index (χ2n) is 3.96. The lowest BCUT2D eigenvalue weighted by atomic mass is 10.0. The molecule has 0 N–H and O–H groups in total. The van der Waals surface area contributed by atoms with Crippen LogP contribution in [0, 0.1) is 5.92 Å². The summed E-state index contributed by atoms with van der Waals surface area (Å²) >= 11 is 0.